The molecular weight excluding hydrogens is 186 g/mol. The lowest BCUT2D eigenvalue weighted by molar-refractivity contribution is 0.556. The average molecular weight is 203 g/mol. The van der Waals surface area contributed by atoms with Crippen molar-refractivity contribution in [3.8, 4) is 0 Å². The number of rotatable bonds is 1. The van der Waals surface area contributed by atoms with Gasteiger partial charge in [-0.2, -0.15) is 0 Å². The molecule has 3 rings (SSSR count). The van der Waals surface area contributed by atoms with Crippen LogP contribution in [0.2, 0.25) is 0 Å². The van der Waals surface area contributed by atoms with Crippen LogP contribution in [0.3, 0.4) is 0 Å². The van der Waals surface area contributed by atoms with Crippen LogP contribution >= 0.6 is 0 Å². The summed E-state index contributed by atoms with van der Waals surface area (Å²) in [5.74, 6) is 0.853. The molecule has 2 unspecified atom stereocenters. The van der Waals surface area contributed by atoms with Crippen LogP contribution < -0.4 is 10.2 Å². The second-order valence-electron chi connectivity index (χ2n) is 4.67. The van der Waals surface area contributed by atoms with Crippen molar-refractivity contribution in [2.75, 3.05) is 24.5 Å². The third kappa shape index (κ3) is 1.61. The van der Waals surface area contributed by atoms with Gasteiger partial charge in [0.2, 0.25) is 0 Å². The highest BCUT2D eigenvalue weighted by molar-refractivity contribution is 5.46. The van der Waals surface area contributed by atoms with Gasteiger partial charge in [0.15, 0.2) is 0 Å². The summed E-state index contributed by atoms with van der Waals surface area (Å²) in [6.07, 6.45) is 3.33. The largest absolute Gasteiger partial charge is 0.368 e. The third-order valence-corrected chi connectivity index (χ3v) is 3.62. The molecule has 15 heavy (non-hydrogen) atoms. The molecule has 2 aliphatic heterocycles. The molecular formula is C12H17N3. The standard InChI is InChI=1S/C12H17N3/c1-9-2-3-11(6-14-9)15-7-10-4-5-13-12(10)8-15/h2-3,6,10,12-13H,4-5,7-8H2,1H3. The van der Waals surface area contributed by atoms with Gasteiger partial charge in [0, 0.05) is 24.8 Å². The van der Waals surface area contributed by atoms with Gasteiger partial charge in [0.1, 0.15) is 0 Å². The van der Waals surface area contributed by atoms with Crippen molar-refractivity contribution >= 4 is 5.69 Å². The van der Waals surface area contributed by atoms with Crippen LogP contribution in [0.5, 0.6) is 0 Å². The van der Waals surface area contributed by atoms with Crippen LogP contribution in [0.25, 0.3) is 0 Å². The second kappa shape index (κ2) is 3.49. The summed E-state index contributed by atoms with van der Waals surface area (Å²) in [5, 5.41) is 3.57. The monoisotopic (exact) mass is 203 g/mol. The number of anilines is 1. The molecule has 0 amide bonds. The van der Waals surface area contributed by atoms with Crippen LogP contribution in [-0.2, 0) is 0 Å². The summed E-state index contributed by atoms with van der Waals surface area (Å²) < 4.78 is 0. The first kappa shape index (κ1) is 9.16. The third-order valence-electron chi connectivity index (χ3n) is 3.62. The predicted molar refractivity (Wildman–Crippen MR) is 61.1 cm³/mol. The molecule has 2 fully saturated rings. The molecule has 2 saturated heterocycles. The fourth-order valence-electron chi connectivity index (χ4n) is 2.71. The van der Waals surface area contributed by atoms with E-state index in [-0.39, 0.29) is 0 Å². The SMILES string of the molecule is Cc1ccc(N2CC3CCNC3C2)cn1. The average Bonchev–Trinajstić information content (AvgIpc) is 2.78. The lowest BCUT2D eigenvalue weighted by Crippen LogP contribution is -2.30. The molecule has 1 aromatic heterocycles. The summed E-state index contributed by atoms with van der Waals surface area (Å²) in [6.45, 7) is 5.58. The van der Waals surface area contributed by atoms with Gasteiger partial charge >= 0.3 is 0 Å². The van der Waals surface area contributed by atoms with E-state index >= 15 is 0 Å². The van der Waals surface area contributed by atoms with Gasteiger partial charge in [-0.15, -0.1) is 0 Å². The lowest BCUT2D eigenvalue weighted by atomic mass is 10.1. The van der Waals surface area contributed by atoms with E-state index in [0.29, 0.717) is 6.04 Å². The maximum Gasteiger partial charge on any atom is 0.0553 e. The van der Waals surface area contributed by atoms with Crippen molar-refractivity contribution in [1.29, 1.82) is 0 Å². The molecule has 0 bridgehead atoms. The highest BCUT2D eigenvalue weighted by Crippen LogP contribution is 2.28. The minimum atomic E-state index is 0.714. The number of aromatic nitrogens is 1. The van der Waals surface area contributed by atoms with Crippen molar-refractivity contribution in [3.63, 3.8) is 0 Å². The van der Waals surface area contributed by atoms with Crippen LogP contribution in [0.15, 0.2) is 18.3 Å². The van der Waals surface area contributed by atoms with Crippen LogP contribution in [0.4, 0.5) is 5.69 Å². The quantitative estimate of drug-likeness (QED) is 0.743. The lowest BCUT2D eigenvalue weighted by Gasteiger charge is -2.19. The van der Waals surface area contributed by atoms with Crippen molar-refractivity contribution in [2.45, 2.75) is 19.4 Å². The summed E-state index contributed by atoms with van der Waals surface area (Å²) in [6, 6.07) is 4.99. The van der Waals surface area contributed by atoms with E-state index in [0.717, 1.165) is 18.2 Å². The Hall–Kier alpha value is -1.09. The van der Waals surface area contributed by atoms with E-state index in [4.69, 9.17) is 0 Å². The molecule has 3 heteroatoms. The van der Waals surface area contributed by atoms with Crippen molar-refractivity contribution in [2.24, 2.45) is 5.92 Å². The Balaban J connectivity index is 1.76. The van der Waals surface area contributed by atoms with E-state index < -0.39 is 0 Å². The molecule has 2 atom stereocenters. The zero-order valence-corrected chi connectivity index (χ0v) is 9.11. The first-order valence-electron chi connectivity index (χ1n) is 5.74. The van der Waals surface area contributed by atoms with Gasteiger partial charge in [-0.05, 0) is 37.9 Å². The van der Waals surface area contributed by atoms with Gasteiger partial charge in [-0.25, -0.2) is 0 Å². The Labute approximate surface area is 90.5 Å². The Morgan fingerprint density at radius 3 is 3.07 bits per heavy atom. The van der Waals surface area contributed by atoms with Crippen LogP contribution in [0.1, 0.15) is 12.1 Å². The van der Waals surface area contributed by atoms with E-state index in [1.165, 1.54) is 25.2 Å². The molecule has 0 saturated carbocycles. The van der Waals surface area contributed by atoms with Gasteiger partial charge in [-0.1, -0.05) is 0 Å². The van der Waals surface area contributed by atoms with E-state index in [1.54, 1.807) is 0 Å². The molecule has 80 valence electrons. The maximum atomic E-state index is 4.36. The fraction of sp³-hybridized carbons (Fsp3) is 0.583. The number of nitrogens with one attached hydrogen (secondary N) is 1. The molecule has 0 aliphatic carbocycles. The highest BCUT2D eigenvalue weighted by Gasteiger charge is 2.35. The minimum absolute atomic E-state index is 0.714. The zero-order chi connectivity index (χ0) is 10.3. The smallest absolute Gasteiger partial charge is 0.0553 e. The van der Waals surface area contributed by atoms with Gasteiger partial charge in [-0.3, -0.25) is 4.98 Å². The summed E-state index contributed by atoms with van der Waals surface area (Å²) in [4.78, 5) is 6.81. The molecule has 1 N–H and O–H groups in total. The first-order chi connectivity index (χ1) is 7.33. The van der Waals surface area contributed by atoms with Gasteiger partial charge < -0.3 is 10.2 Å². The minimum Gasteiger partial charge on any atom is -0.368 e. The first-order valence-corrected chi connectivity index (χ1v) is 5.74. The Kier molecular flexibility index (Phi) is 2.13. The van der Waals surface area contributed by atoms with Crippen molar-refractivity contribution < 1.29 is 0 Å². The molecule has 0 aromatic carbocycles. The predicted octanol–water partition coefficient (Wildman–Crippen LogP) is 1.19. The zero-order valence-electron chi connectivity index (χ0n) is 9.11. The number of hydrogen-bond acceptors (Lipinski definition) is 3. The molecule has 2 aliphatic rings. The normalized spacial score (nSPS) is 29.5. The van der Waals surface area contributed by atoms with E-state index in [2.05, 4.69) is 27.3 Å². The number of aryl methyl sites for hydroxylation is 1. The van der Waals surface area contributed by atoms with E-state index in [9.17, 15) is 0 Å². The molecule has 1 aromatic rings. The number of nitrogens with zero attached hydrogens (tertiary/aromatic N) is 2. The van der Waals surface area contributed by atoms with Crippen molar-refractivity contribution in [3.05, 3.63) is 24.0 Å². The fourth-order valence-corrected chi connectivity index (χ4v) is 2.71. The topological polar surface area (TPSA) is 28.2 Å². The molecule has 0 radical (unpaired) electrons. The Morgan fingerprint density at radius 2 is 2.33 bits per heavy atom. The maximum absolute atomic E-state index is 4.36. The highest BCUT2D eigenvalue weighted by atomic mass is 15.2. The van der Waals surface area contributed by atoms with Crippen LogP contribution in [-0.4, -0.2) is 30.7 Å². The van der Waals surface area contributed by atoms with E-state index in [1.807, 2.05) is 13.1 Å². The molecule has 3 nitrogen and oxygen atoms in total. The number of hydrogen-bond donors (Lipinski definition) is 1. The number of fused-ring (bicyclic) bond motifs is 1. The summed E-state index contributed by atoms with van der Waals surface area (Å²) in [7, 11) is 0. The van der Waals surface area contributed by atoms with Crippen molar-refractivity contribution in [1.82, 2.24) is 10.3 Å². The molecule has 3 heterocycles. The summed E-state index contributed by atoms with van der Waals surface area (Å²) in [5.41, 5.74) is 2.37. The van der Waals surface area contributed by atoms with Gasteiger partial charge in [0.05, 0.1) is 11.9 Å². The molecule has 0 spiro atoms. The van der Waals surface area contributed by atoms with Gasteiger partial charge in [0.25, 0.3) is 0 Å². The summed E-state index contributed by atoms with van der Waals surface area (Å²) >= 11 is 0. The number of pyridine rings is 1. The Bertz CT molecular complexity index is 334. The van der Waals surface area contributed by atoms with Crippen LogP contribution in [0, 0.1) is 12.8 Å². The Morgan fingerprint density at radius 1 is 1.40 bits per heavy atom. The second-order valence-corrected chi connectivity index (χ2v) is 4.67.